The van der Waals surface area contributed by atoms with Crippen molar-refractivity contribution in [3.63, 3.8) is 0 Å². The van der Waals surface area contributed by atoms with Crippen molar-refractivity contribution in [3.05, 3.63) is 48.4 Å². The van der Waals surface area contributed by atoms with E-state index < -0.39 is 0 Å². The maximum Gasteiger partial charge on any atom is 0.0719 e. The first-order chi connectivity index (χ1) is 8.74. The van der Waals surface area contributed by atoms with Crippen molar-refractivity contribution in [2.45, 2.75) is 13.0 Å². The van der Waals surface area contributed by atoms with E-state index in [1.54, 1.807) is 6.20 Å². The van der Waals surface area contributed by atoms with E-state index in [2.05, 4.69) is 47.2 Å². The van der Waals surface area contributed by atoms with Crippen molar-refractivity contribution in [2.75, 3.05) is 5.73 Å². The number of anilines is 1. The van der Waals surface area contributed by atoms with Crippen LogP contribution in [0.1, 0.15) is 5.56 Å². The minimum atomic E-state index is 0.716. The number of hydrogen-bond acceptors (Lipinski definition) is 2. The first kappa shape index (κ1) is 10.9. The van der Waals surface area contributed by atoms with Gasteiger partial charge < -0.3 is 10.3 Å². The molecule has 18 heavy (non-hydrogen) atoms. The highest BCUT2D eigenvalue weighted by atomic mass is 15.3. The van der Waals surface area contributed by atoms with Crippen LogP contribution in [0.15, 0.2) is 42.9 Å². The van der Waals surface area contributed by atoms with Gasteiger partial charge in [0.2, 0.25) is 0 Å². The Bertz CT molecular complexity index is 678. The van der Waals surface area contributed by atoms with E-state index in [0.717, 1.165) is 13.0 Å². The van der Waals surface area contributed by atoms with Gasteiger partial charge >= 0.3 is 0 Å². The lowest BCUT2D eigenvalue weighted by atomic mass is 10.1. The van der Waals surface area contributed by atoms with Gasteiger partial charge in [0.25, 0.3) is 0 Å². The number of nitrogens with two attached hydrogens (primary N) is 1. The highest BCUT2D eigenvalue weighted by Crippen LogP contribution is 2.21. The molecule has 0 saturated heterocycles. The van der Waals surface area contributed by atoms with Crippen molar-refractivity contribution in [2.24, 2.45) is 7.05 Å². The van der Waals surface area contributed by atoms with Gasteiger partial charge in [-0.1, -0.05) is 18.2 Å². The van der Waals surface area contributed by atoms with E-state index in [4.69, 9.17) is 5.73 Å². The van der Waals surface area contributed by atoms with Crippen LogP contribution in [0.5, 0.6) is 0 Å². The Morgan fingerprint density at radius 3 is 2.83 bits per heavy atom. The van der Waals surface area contributed by atoms with E-state index in [0.29, 0.717) is 5.69 Å². The lowest BCUT2D eigenvalue weighted by Gasteiger charge is -2.00. The fourth-order valence-electron chi connectivity index (χ4n) is 2.36. The van der Waals surface area contributed by atoms with E-state index in [-0.39, 0.29) is 0 Å². The second-order valence-electron chi connectivity index (χ2n) is 4.57. The monoisotopic (exact) mass is 240 g/mol. The van der Waals surface area contributed by atoms with Gasteiger partial charge in [-0.3, -0.25) is 4.68 Å². The van der Waals surface area contributed by atoms with Gasteiger partial charge in [0.15, 0.2) is 0 Å². The zero-order valence-electron chi connectivity index (χ0n) is 10.4. The van der Waals surface area contributed by atoms with Crippen LogP contribution in [-0.2, 0) is 20.0 Å². The Morgan fingerprint density at radius 1 is 1.22 bits per heavy atom. The van der Waals surface area contributed by atoms with Gasteiger partial charge in [0.05, 0.1) is 11.9 Å². The van der Waals surface area contributed by atoms with Crippen LogP contribution in [0.4, 0.5) is 5.69 Å². The summed E-state index contributed by atoms with van der Waals surface area (Å²) in [6.45, 7) is 0.852. The number of nitrogen functional groups attached to an aromatic ring is 1. The summed E-state index contributed by atoms with van der Waals surface area (Å²) in [6.07, 6.45) is 6.70. The summed E-state index contributed by atoms with van der Waals surface area (Å²) < 4.78 is 4.05. The molecule has 0 spiro atoms. The van der Waals surface area contributed by atoms with Gasteiger partial charge in [-0.2, -0.15) is 5.10 Å². The van der Waals surface area contributed by atoms with Gasteiger partial charge in [0, 0.05) is 36.9 Å². The lowest BCUT2D eigenvalue weighted by Crippen LogP contribution is -2.01. The summed E-state index contributed by atoms with van der Waals surface area (Å²) in [4.78, 5) is 0. The van der Waals surface area contributed by atoms with Crippen molar-refractivity contribution in [1.82, 2.24) is 14.3 Å². The minimum absolute atomic E-state index is 0.716. The molecule has 92 valence electrons. The number of aromatic nitrogens is 3. The Balaban J connectivity index is 1.86. The minimum Gasteiger partial charge on any atom is -0.396 e. The number of fused-ring (bicyclic) bond motifs is 1. The molecule has 0 unspecified atom stereocenters. The van der Waals surface area contributed by atoms with Crippen LogP contribution >= 0.6 is 0 Å². The molecule has 0 aliphatic carbocycles. The number of benzene rings is 1. The number of hydrogen-bond donors (Lipinski definition) is 1. The summed E-state index contributed by atoms with van der Waals surface area (Å²) >= 11 is 0. The molecule has 0 aliphatic rings. The third kappa shape index (κ3) is 1.86. The fourth-order valence-corrected chi connectivity index (χ4v) is 2.36. The molecule has 4 nitrogen and oxygen atoms in total. The van der Waals surface area contributed by atoms with Gasteiger partial charge in [-0.15, -0.1) is 0 Å². The van der Waals surface area contributed by atoms with E-state index in [1.807, 2.05) is 10.9 Å². The standard InChI is InChI=1S/C14H16N4/c1-17-9-11(13-4-2-3-5-14(13)17)6-7-18-10-12(15)8-16-18/h2-5,8-10H,6-7,15H2,1H3. The molecule has 0 radical (unpaired) electrons. The Kier molecular flexibility index (Phi) is 2.55. The number of aryl methyl sites for hydroxylation is 3. The fraction of sp³-hybridized carbons (Fsp3) is 0.214. The first-order valence-corrected chi connectivity index (χ1v) is 6.05. The molecule has 0 bridgehead atoms. The summed E-state index contributed by atoms with van der Waals surface area (Å²) in [6, 6.07) is 8.46. The predicted octanol–water partition coefficient (Wildman–Crippen LogP) is 2.20. The second-order valence-corrected chi connectivity index (χ2v) is 4.57. The molecule has 2 heterocycles. The number of nitrogens with zero attached hydrogens (tertiary/aromatic N) is 3. The van der Waals surface area contributed by atoms with Gasteiger partial charge in [-0.25, -0.2) is 0 Å². The number of para-hydroxylation sites is 1. The van der Waals surface area contributed by atoms with Crippen molar-refractivity contribution in [3.8, 4) is 0 Å². The largest absolute Gasteiger partial charge is 0.396 e. The van der Waals surface area contributed by atoms with Crippen molar-refractivity contribution >= 4 is 16.6 Å². The zero-order chi connectivity index (χ0) is 12.5. The van der Waals surface area contributed by atoms with Crippen LogP contribution in [0, 0.1) is 0 Å². The summed E-state index contributed by atoms with van der Waals surface area (Å²) in [7, 11) is 2.08. The summed E-state index contributed by atoms with van der Waals surface area (Å²) in [5.41, 5.74) is 8.99. The molecule has 0 fully saturated rings. The molecular weight excluding hydrogens is 224 g/mol. The summed E-state index contributed by atoms with van der Waals surface area (Å²) in [5.74, 6) is 0. The summed E-state index contributed by atoms with van der Waals surface area (Å²) in [5, 5.41) is 5.52. The maximum absolute atomic E-state index is 5.65. The first-order valence-electron chi connectivity index (χ1n) is 6.05. The molecule has 2 aromatic heterocycles. The molecule has 3 rings (SSSR count). The third-order valence-corrected chi connectivity index (χ3v) is 3.24. The van der Waals surface area contributed by atoms with Gasteiger partial charge in [-0.05, 0) is 18.1 Å². The molecule has 0 atom stereocenters. The predicted molar refractivity (Wildman–Crippen MR) is 73.3 cm³/mol. The second kappa shape index (κ2) is 4.22. The Labute approximate surface area is 106 Å². The zero-order valence-corrected chi connectivity index (χ0v) is 10.4. The normalized spacial score (nSPS) is 11.2. The number of rotatable bonds is 3. The highest BCUT2D eigenvalue weighted by molar-refractivity contribution is 5.83. The Hall–Kier alpha value is -2.23. The van der Waals surface area contributed by atoms with E-state index in [1.165, 1.54) is 16.5 Å². The van der Waals surface area contributed by atoms with Crippen LogP contribution in [0.25, 0.3) is 10.9 Å². The molecule has 3 aromatic rings. The SMILES string of the molecule is Cn1cc(CCn2cc(N)cn2)c2ccccc21. The van der Waals surface area contributed by atoms with E-state index >= 15 is 0 Å². The third-order valence-electron chi connectivity index (χ3n) is 3.24. The van der Waals surface area contributed by atoms with Crippen LogP contribution in [0.2, 0.25) is 0 Å². The van der Waals surface area contributed by atoms with Gasteiger partial charge in [0.1, 0.15) is 0 Å². The van der Waals surface area contributed by atoms with Crippen LogP contribution in [-0.4, -0.2) is 14.3 Å². The average Bonchev–Trinajstić information content (AvgIpc) is 2.92. The smallest absolute Gasteiger partial charge is 0.0719 e. The maximum atomic E-state index is 5.65. The van der Waals surface area contributed by atoms with Crippen molar-refractivity contribution in [1.29, 1.82) is 0 Å². The molecule has 0 aliphatic heterocycles. The Morgan fingerprint density at radius 2 is 2.06 bits per heavy atom. The quantitative estimate of drug-likeness (QED) is 0.763. The molecule has 4 heteroatoms. The van der Waals surface area contributed by atoms with E-state index in [9.17, 15) is 0 Å². The molecule has 0 amide bonds. The highest BCUT2D eigenvalue weighted by Gasteiger charge is 2.05. The molecule has 2 N–H and O–H groups in total. The molecule has 1 aromatic carbocycles. The molecular formula is C14H16N4. The van der Waals surface area contributed by atoms with Crippen LogP contribution in [0.3, 0.4) is 0 Å². The lowest BCUT2D eigenvalue weighted by molar-refractivity contribution is 0.616. The topological polar surface area (TPSA) is 48.8 Å². The van der Waals surface area contributed by atoms with Crippen LogP contribution < -0.4 is 5.73 Å². The molecule has 0 saturated carbocycles. The average molecular weight is 240 g/mol. The van der Waals surface area contributed by atoms with Crippen molar-refractivity contribution < 1.29 is 0 Å².